The van der Waals surface area contributed by atoms with Crippen molar-refractivity contribution in [3.63, 3.8) is 0 Å². The Kier molecular flexibility index (Phi) is 3.12. The standard InChI is InChI=1S/C12H15NO4Si/c1-2-10(15)13-12(18-13,11(16)17)7-8-3-5-9(14)6-4-8/h3-6,14H,2,7,18H2,1H3,(H,16,17)/t12-,13?/m1/s1. The van der Waals surface area contributed by atoms with E-state index < -0.39 is 20.8 Å². The minimum atomic E-state index is -1.05. The molecule has 1 aliphatic rings. The summed E-state index contributed by atoms with van der Waals surface area (Å²) in [6.45, 7) is 1.74. The number of carbonyl (C=O) groups excluding carboxylic acids is 1. The highest BCUT2D eigenvalue weighted by atomic mass is 28.2. The maximum absolute atomic E-state index is 11.6. The number of hydrogen-bond donors (Lipinski definition) is 2. The molecule has 1 heterocycles. The summed E-state index contributed by atoms with van der Waals surface area (Å²) in [5.41, 5.74) is 0.828. The number of rotatable bonds is 4. The van der Waals surface area contributed by atoms with Gasteiger partial charge in [-0.3, -0.25) is 4.79 Å². The number of aromatic hydroxyl groups is 1. The molecule has 1 saturated heterocycles. The molecule has 2 rings (SSSR count). The first kappa shape index (κ1) is 12.6. The van der Waals surface area contributed by atoms with Gasteiger partial charge in [0.2, 0.25) is 5.91 Å². The van der Waals surface area contributed by atoms with Crippen LogP contribution in [-0.2, 0) is 16.0 Å². The lowest BCUT2D eigenvalue weighted by Crippen LogP contribution is -2.34. The van der Waals surface area contributed by atoms with Gasteiger partial charge in [-0.2, -0.15) is 0 Å². The van der Waals surface area contributed by atoms with E-state index in [4.69, 9.17) is 0 Å². The van der Waals surface area contributed by atoms with Crippen LogP contribution in [0.4, 0.5) is 0 Å². The summed E-state index contributed by atoms with van der Waals surface area (Å²) >= 11 is 0. The van der Waals surface area contributed by atoms with Gasteiger partial charge >= 0.3 is 5.97 Å². The average molecular weight is 265 g/mol. The van der Waals surface area contributed by atoms with Crippen LogP contribution in [0.25, 0.3) is 0 Å². The van der Waals surface area contributed by atoms with Crippen molar-refractivity contribution < 1.29 is 19.8 Å². The highest BCUT2D eigenvalue weighted by Crippen LogP contribution is 2.34. The van der Waals surface area contributed by atoms with E-state index in [2.05, 4.69) is 0 Å². The van der Waals surface area contributed by atoms with Crippen LogP contribution in [0.3, 0.4) is 0 Å². The van der Waals surface area contributed by atoms with Crippen LogP contribution in [-0.4, -0.2) is 41.5 Å². The number of amides is 1. The van der Waals surface area contributed by atoms with Gasteiger partial charge in [-0.15, -0.1) is 0 Å². The molecule has 1 aromatic rings. The zero-order chi connectivity index (χ0) is 13.3. The number of aliphatic carboxylic acids is 1. The highest BCUT2D eigenvalue weighted by molar-refractivity contribution is 6.61. The lowest BCUT2D eigenvalue weighted by atomic mass is 10.1. The van der Waals surface area contributed by atoms with E-state index in [0.29, 0.717) is 12.8 Å². The number of benzene rings is 1. The number of carboxylic acid groups (broad SMARTS) is 1. The molecule has 0 bridgehead atoms. The fourth-order valence-corrected chi connectivity index (χ4v) is 3.92. The normalized spacial score (nSPS) is 23.1. The topological polar surface area (TPSA) is 77.6 Å². The van der Waals surface area contributed by atoms with Crippen molar-refractivity contribution in [3.8, 4) is 5.75 Å². The number of carbonyl (C=O) groups is 2. The second-order valence-corrected chi connectivity index (χ2v) is 6.63. The Labute approximate surface area is 107 Å². The Morgan fingerprint density at radius 3 is 2.44 bits per heavy atom. The molecule has 1 aromatic carbocycles. The number of phenols is 1. The molecular weight excluding hydrogens is 250 g/mol. The first-order valence-corrected chi connectivity index (χ1v) is 7.15. The van der Waals surface area contributed by atoms with Crippen LogP contribution < -0.4 is 0 Å². The quantitative estimate of drug-likeness (QED) is 0.596. The SMILES string of the molecule is CCC(=O)N1[SiH2][C@]1(Cc1ccc(O)cc1)C(=O)O. The van der Waals surface area contributed by atoms with Crippen molar-refractivity contribution in [2.45, 2.75) is 24.9 Å². The Balaban J connectivity index is 2.17. The molecule has 1 aliphatic heterocycles. The number of carboxylic acids is 1. The number of nitrogens with zero attached hydrogens (tertiary/aromatic N) is 1. The van der Waals surface area contributed by atoms with Gasteiger partial charge in [-0.05, 0) is 17.7 Å². The maximum Gasteiger partial charge on any atom is 0.327 e. The molecule has 0 spiro atoms. The van der Waals surface area contributed by atoms with Crippen molar-refractivity contribution in [3.05, 3.63) is 29.8 Å². The average Bonchev–Trinajstić information content (AvgIpc) is 3.07. The van der Waals surface area contributed by atoms with Gasteiger partial charge in [0.15, 0.2) is 9.68 Å². The summed E-state index contributed by atoms with van der Waals surface area (Å²) in [6.07, 6.45) is 0.679. The fourth-order valence-electron chi connectivity index (χ4n) is 2.11. The lowest BCUT2D eigenvalue weighted by Gasteiger charge is -2.14. The predicted molar refractivity (Wildman–Crippen MR) is 67.9 cm³/mol. The summed E-state index contributed by atoms with van der Waals surface area (Å²) in [6, 6.07) is 6.45. The van der Waals surface area contributed by atoms with E-state index in [9.17, 15) is 19.8 Å². The zero-order valence-electron chi connectivity index (χ0n) is 10.1. The van der Waals surface area contributed by atoms with Crippen LogP contribution >= 0.6 is 0 Å². The van der Waals surface area contributed by atoms with Crippen LogP contribution in [0, 0.1) is 0 Å². The van der Waals surface area contributed by atoms with Gasteiger partial charge < -0.3 is 14.8 Å². The minimum Gasteiger partial charge on any atom is -0.508 e. The van der Waals surface area contributed by atoms with Crippen molar-refractivity contribution in [1.29, 1.82) is 0 Å². The van der Waals surface area contributed by atoms with Gasteiger partial charge in [0.1, 0.15) is 10.9 Å². The molecular formula is C12H15NO4Si. The molecule has 0 aliphatic carbocycles. The summed E-state index contributed by atoms with van der Waals surface area (Å²) in [5, 5.41) is 17.6. The monoisotopic (exact) mass is 265 g/mol. The summed E-state index contributed by atoms with van der Waals surface area (Å²) in [4.78, 5) is 23.0. The van der Waals surface area contributed by atoms with Gasteiger partial charge in [-0.25, -0.2) is 4.79 Å². The second kappa shape index (κ2) is 4.45. The molecule has 0 aromatic heterocycles. The van der Waals surface area contributed by atoms with Crippen LogP contribution in [0.1, 0.15) is 18.9 Å². The van der Waals surface area contributed by atoms with Gasteiger partial charge in [0.25, 0.3) is 0 Å². The third kappa shape index (κ3) is 2.11. The Morgan fingerprint density at radius 1 is 1.33 bits per heavy atom. The molecule has 1 atom stereocenters. The minimum absolute atomic E-state index is 0.0807. The molecule has 6 heteroatoms. The maximum atomic E-state index is 11.6. The molecule has 2 N–H and O–H groups in total. The smallest absolute Gasteiger partial charge is 0.327 e. The number of phenolic OH excluding ortho intramolecular Hbond substituents is 1. The third-order valence-corrected chi connectivity index (χ3v) is 5.57. The van der Waals surface area contributed by atoms with Crippen molar-refractivity contribution in [2.75, 3.05) is 0 Å². The van der Waals surface area contributed by atoms with Crippen molar-refractivity contribution in [2.24, 2.45) is 0 Å². The summed E-state index contributed by atoms with van der Waals surface area (Å²) in [5.74, 6) is -0.843. The predicted octanol–water partition coefficient (Wildman–Crippen LogP) is 0.0516. The van der Waals surface area contributed by atoms with Crippen LogP contribution in [0.2, 0.25) is 0 Å². The highest BCUT2D eigenvalue weighted by Gasteiger charge is 2.60. The van der Waals surface area contributed by atoms with Crippen LogP contribution in [0.5, 0.6) is 5.75 Å². The van der Waals surface area contributed by atoms with E-state index >= 15 is 0 Å². The molecule has 1 amide bonds. The Bertz CT molecular complexity index is 487. The largest absolute Gasteiger partial charge is 0.508 e. The van der Waals surface area contributed by atoms with Crippen molar-refractivity contribution >= 4 is 21.6 Å². The lowest BCUT2D eigenvalue weighted by molar-refractivity contribution is -0.144. The Morgan fingerprint density at radius 2 is 1.94 bits per heavy atom. The molecule has 5 nitrogen and oxygen atoms in total. The fraction of sp³-hybridized carbons (Fsp3) is 0.333. The number of hydrogen-bond acceptors (Lipinski definition) is 3. The molecule has 0 radical (unpaired) electrons. The molecule has 1 fully saturated rings. The Hall–Kier alpha value is -1.82. The van der Waals surface area contributed by atoms with E-state index in [1.165, 1.54) is 16.7 Å². The van der Waals surface area contributed by atoms with Gasteiger partial charge in [0.05, 0.1) is 0 Å². The van der Waals surface area contributed by atoms with Crippen molar-refractivity contribution in [1.82, 2.24) is 4.57 Å². The molecule has 0 unspecified atom stereocenters. The first-order chi connectivity index (χ1) is 8.49. The molecule has 96 valence electrons. The first-order valence-electron chi connectivity index (χ1n) is 5.81. The van der Waals surface area contributed by atoms with Gasteiger partial charge in [0, 0.05) is 12.8 Å². The van der Waals surface area contributed by atoms with Gasteiger partial charge in [-0.1, -0.05) is 19.1 Å². The molecule has 0 saturated carbocycles. The summed E-state index contributed by atoms with van der Waals surface area (Å²) in [7, 11) is -1.05. The second-order valence-electron chi connectivity index (χ2n) is 4.51. The van der Waals surface area contributed by atoms with E-state index in [1.807, 2.05) is 0 Å². The third-order valence-electron chi connectivity index (χ3n) is 3.27. The van der Waals surface area contributed by atoms with E-state index in [1.54, 1.807) is 19.1 Å². The zero-order valence-corrected chi connectivity index (χ0v) is 11.5. The summed E-state index contributed by atoms with van der Waals surface area (Å²) < 4.78 is 1.53. The molecule has 18 heavy (non-hydrogen) atoms. The van der Waals surface area contributed by atoms with E-state index in [0.717, 1.165) is 5.56 Å². The van der Waals surface area contributed by atoms with Crippen LogP contribution in [0.15, 0.2) is 24.3 Å². The van der Waals surface area contributed by atoms with E-state index in [-0.39, 0.29) is 11.7 Å².